The molecule has 2 aliphatic heterocycles. The predicted octanol–water partition coefficient (Wildman–Crippen LogP) is 0.0372. The van der Waals surface area contributed by atoms with Crippen molar-refractivity contribution in [2.75, 3.05) is 32.7 Å². The summed E-state index contributed by atoms with van der Waals surface area (Å²) in [6.07, 6.45) is 4.74. The van der Waals surface area contributed by atoms with E-state index in [0.717, 1.165) is 32.7 Å². The van der Waals surface area contributed by atoms with Gasteiger partial charge in [-0.15, -0.1) is 0 Å². The van der Waals surface area contributed by atoms with E-state index in [2.05, 4.69) is 21.3 Å². The molecule has 0 saturated carbocycles. The van der Waals surface area contributed by atoms with Crippen molar-refractivity contribution in [2.24, 2.45) is 5.92 Å². The van der Waals surface area contributed by atoms with Crippen LogP contribution in [0, 0.1) is 5.92 Å². The molecule has 0 aliphatic carbocycles. The first-order valence-corrected chi connectivity index (χ1v) is 6.80. The normalized spacial score (nSPS) is 25.8. The molecular formula is C12H24N4O. The summed E-state index contributed by atoms with van der Waals surface area (Å²) in [5.41, 5.74) is 0. The lowest BCUT2D eigenvalue weighted by molar-refractivity contribution is 0.236. The second kappa shape index (κ2) is 6.81. The SMILES string of the molecule is O=C(NCC1CCNCC1)NCC1CCCN1. The highest BCUT2D eigenvalue weighted by molar-refractivity contribution is 5.73. The highest BCUT2D eigenvalue weighted by Crippen LogP contribution is 2.09. The van der Waals surface area contributed by atoms with Crippen molar-refractivity contribution >= 4 is 6.03 Å². The molecule has 1 unspecified atom stereocenters. The molecule has 17 heavy (non-hydrogen) atoms. The van der Waals surface area contributed by atoms with Crippen LogP contribution in [0.25, 0.3) is 0 Å². The summed E-state index contributed by atoms with van der Waals surface area (Å²) >= 11 is 0. The molecule has 1 atom stereocenters. The van der Waals surface area contributed by atoms with Crippen LogP contribution < -0.4 is 21.3 Å². The maximum Gasteiger partial charge on any atom is 0.314 e. The molecule has 0 aromatic rings. The maximum atomic E-state index is 11.6. The van der Waals surface area contributed by atoms with Crippen LogP contribution >= 0.6 is 0 Å². The van der Waals surface area contributed by atoms with Gasteiger partial charge in [0, 0.05) is 19.1 Å². The summed E-state index contributed by atoms with van der Waals surface area (Å²) in [6, 6.07) is 0.455. The van der Waals surface area contributed by atoms with Crippen molar-refractivity contribution in [1.82, 2.24) is 21.3 Å². The van der Waals surface area contributed by atoms with E-state index in [0.29, 0.717) is 12.0 Å². The van der Waals surface area contributed by atoms with E-state index in [4.69, 9.17) is 0 Å². The van der Waals surface area contributed by atoms with Crippen molar-refractivity contribution in [3.63, 3.8) is 0 Å². The topological polar surface area (TPSA) is 65.2 Å². The molecule has 2 heterocycles. The van der Waals surface area contributed by atoms with Gasteiger partial charge < -0.3 is 21.3 Å². The zero-order valence-electron chi connectivity index (χ0n) is 10.4. The Balaban J connectivity index is 1.53. The van der Waals surface area contributed by atoms with Crippen LogP contribution in [0.15, 0.2) is 0 Å². The molecule has 5 heteroatoms. The smallest absolute Gasteiger partial charge is 0.314 e. The van der Waals surface area contributed by atoms with Gasteiger partial charge in [0.05, 0.1) is 0 Å². The molecule has 2 saturated heterocycles. The van der Waals surface area contributed by atoms with E-state index in [9.17, 15) is 4.79 Å². The highest BCUT2D eigenvalue weighted by Gasteiger charge is 2.16. The van der Waals surface area contributed by atoms with Crippen LogP contribution in [0.1, 0.15) is 25.7 Å². The number of urea groups is 1. The van der Waals surface area contributed by atoms with Gasteiger partial charge in [0.2, 0.25) is 0 Å². The van der Waals surface area contributed by atoms with Crippen molar-refractivity contribution < 1.29 is 4.79 Å². The van der Waals surface area contributed by atoms with Gasteiger partial charge in [0.25, 0.3) is 0 Å². The Morgan fingerprint density at radius 1 is 1.06 bits per heavy atom. The maximum absolute atomic E-state index is 11.6. The van der Waals surface area contributed by atoms with Gasteiger partial charge >= 0.3 is 6.03 Å². The van der Waals surface area contributed by atoms with E-state index in [1.807, 2.05) is 0 Å². The van der Waals surface area contributed by atoms with Gasteiger partial charge in [0.15, 0.2) is 0 Å². The molecular weight excluding hydrogens is 216 g/mol. The number of hydrogen-bond acceptors (Lipinski definition) is 3. The Bertz CT molecular complexity index is 235. The molecule has 98 valence electrons. The first-order valence-electron chi connectivity index (χ1n) is 6.80. The van der Waals surface area contributed by atoms with Crippen LogP contribution in [0.5, 0.6) is 0 Å². The molecule has 0 bridgehead atoms. The molecule has 2 aliphatic rings. The summed E-state index contributed by atoms with van der Waals surface area (Å²) in [5.74, 6) is 0.645. The first-order chi connectivity index (χ1) is 8.34. The lowest BCUT2D eigenvalue weighted by Gasteiger charge is -2.23. The largest absolute Gasteiger partial charge is 0.338 e. The van der Waals surface area contributed by atoms with Gasteiger partial charge in [-0.25, -0.2) is 4.79 Å². The molecule has 2 fully saturated rings. The van der Waals surface area contributed by atoms with Crippen LogP contribution in [-0.4, -0.2) is 44.8 Å². The van der Waals surface area contributed by atoms with Gasteiger partial charge in [-0.1, -0.05) is 0 Å². The van der Waals surface area contributed by atoms with Crippen molar-refractivity contribution in [1.29, 1.82) is 0 Å². The summed E-state index contributed by atoms with van der Waals surface area (Å²) in [4.78, 5) is 11.6. The Morgan fingerprint density at radius 3 is 2.53 bits per heavy atom. The number of amides is 2. The third-order valence-electron chi connectivity index (χ3n) is 3.68. The standard InChI is InChI=1S/C12H24N4O/c17-12(16-9-11-2-1-5-14-11)15-8-10-3-6-13-7-4-10/h10-11,13-14H,1-9H2,(H2,15,16,17). The van der Waals surface area contributed by atoms with E-state index >= 15 is 0 Å². The number of hydrogen-bond donors (Lipinski definition) is 4. The molecule has 5 nitrogen and oxygen atoms in total. The molecule has 0 aromatic carbocycles. The second-order valence-corrected chi connectivity index (χ2v) is 5.08. The molecule has 2 amide bonds. The Kier molecular flexibility index (Phi) is 5.07. The highest BCUT2D eigenvalue weighted by atomic mass is 16.2. The van der Waals surface area contributed by atoms with Crippen molar-refractivity contribution in [2.45, 2.75) is 31.7 Å². The zero-order valence-corrected chi connectivity index (χ0v) is 10.4. The minimum absolute atomic E-state index is 0.0165. The summed E-state index contributed by atoms with van der Waals surface area (Å²) < 4.78 is 0. The summed E-state index contributed by atoms with van der Waals surface area (Å²) in [5, 5.41) is 12.6. The van der Waals surface area contributed by atoms with Gasteiger partial charge in [-0.3, -0.25) is 0 Å². The molecule has 2 rings (SSSR count). The number of carbonyl (C=O) groups excluding carboxylic acids is 1. The number of nitrogens with one attached hydrogen (secondary N) is 4. The third kappa shape index (κ3) is 4.52. The average molecular weight is 240 g/mol. The third-order valence-corrected chi connectivity index (χ3v) is 3.68. The fraction of sp³-hybridized carbons (Fsp3) is 0.917. The van der Waals surface area contributed by atoms with E-state index in [1.54, 1.807) is 0 Å². The Morgan fingerprint density at radius 2 is 1.82 bits per heavy atom. The number of piperidine rings is 1. The van der Waals surface area contributed by atoms with Crippen LogP contribution in [0.3, 0.4) is 0 Å². The van der Waals surface area contributed by atoms with E-state index in [1.165, 1.54) is 25.7 Å². The Hall–Kier alpha value is -0.810. The van der Waals surface area contributed by atoms with Crippen LogP contribution in [0.4, 0.5) is 4.79 Å². The number of carbonyl (C=O) groups is 1. The minimum Gasteiger partial charge on any atom is -0.338 e. The van der Waals surface area contributed by atoms with E-state index in [-0.39, 0.29) is 6.03 Å². The van der Waals surface area contributed by atoms with Crippen molar-refractivity contribution in [3.8, 4) is 0 Å². The quantitative estimate of drug-likeness (QED) is 0.561. The summed E-state index contributed by atoms with van der Waals surface area (Å²) in [6.45, 7) is 4.81. The first kappa shape index (κ1) is 12.6. The fourth-order valence-electron chi connectivity index (χ4n) is 2.53. The van der Waals surface area contributed by atoms with Crippen molar-refractivity contribution in [3.05, 3.63) is 0 Å². The lowest BCUT2D eigenvalue weighted by atomic mass is 9.98. The monoisotopic (exact) mass is 240 g/mol. The van der Waals surface area contributed by atoms with Gasteiger partial charge in [0.1, 0.15) is 0 Å². The zero-order chi connectivity index (χ0) is 11.9. The number of rotatable bonds is 4. The van der Waals surface area contributed by atoms with Crippen LogP contribution in [-0.2, 0) is 0 Å². The second-order valence-electron chi connectivity index (χ2n) is 5.08. The van der Waals surface area contributed by atoms with E-state index < -0.39 is 0 Å². The molecule has 0 spiro atoms. The minimum atomic E-state index is -0.0165. The van der Waals surface area contributed by atoms with Gasteiger partial charge in [-0.2, -0.15) is 0 Å². The molecule has 0 aromatic heterocycles. The lowest BCUT2D eigenvalue weighted by Crippen LogP contribution is -2.44. The predicted molar refractivity (Wildman–Crippen MR) is 68.0 cm³/mol. The summed E-state index contributed by atoms with van der Waals surface area (Å²) in [7, 11) is 0. The Labute approximate surface area is 103 Å². The molecule has 4 N–H and O–H groups in total. The average Bonchev–Trinajstić information content (AvgIpc) is 2.88. The fourth-order valence-corrected chi connectivity index (χ4v) is 2.53. The molecule has 0 radical (unpaired) electrons. The van der Waals surface area contributed by atoms with Gasteiger partial charge in [-0.05, 0) is 51.2 Å². The van der Waals surface area contributed by atoms with Crippen LogP contribution in [0.2, 0.25) is 0 Å².